The van der Waals surface area contributed by atoms with Crippen LogP contribution in [0.5, 0.6) is 5.75 Å². The Morgan fingerprint density at radius 3 is 2.36 bits per heavy atom. The number of methoxy groups -OCH3 is 1. The molecule has 25 heavy (non-hydrogen) atoms. The zero-order valence-corrected chi connectivity index (χ0v) is 16.3. The van der Waals surface area contributed by atoms with Crippen molar-refractivity contribution in [3.8, 4) is 5.75 Å². The molecule has 1 heterocycles. The molecule has 6 rings (SSSR count). The number of benzene rings is 1. The molecule has 0 N–H and O–H groups in total. The lowest BCUT2D eigenvalue weighted by molar-refractivity contribution is -0.0290. The van der Waals surface area contributed by atoms with Crippen LogP contribution in [0.1, 0.15) is 49.7 Å². The van der Waals surface area contributed by atoms with Gasteiger partial charge in [-0.05, 0) is 91.7 Å². The maximum atomic E-state index is 5.80. The lowest BCUT2D eigenvalue weighted by Gasteiger charge is -2.62. The Balaban J connectivity index is 1.65. The van der Waals surface area contributed by atoms with Crippen LogP contribution in [0.25, 0.3) is 0 Å². The van der Waals surface area contributed by atoms with Crippen molar-refractivity contribution in [2.24, 2.45) is 11.8 Å². The smallest absolute Gasteiger partial charge is 0.122 e. The number of nitrogens with zero attached hydrogens (tertiary/aromatic N) is 1. The summed E-state index contributed by atoms with van der Waals surface area (Å²) in [5.41, 5.74) is 3.54. The predicted molar refractivity (Wildman–Crippen MR) is 103 cm³/mol. The number of pyridine rings is 1. The van der Waals surface area contributed by atoms with Gasteiger partial charge in [-0.3, -0.25) is 4.98 Å². The van der Waals surface area contributed by atoms with E-state index in [0.29, 0.717) is 5.41 Å². The average Bonchev–Trinajstić information content (AvgIpc) is 2.61. The van der Waals surface area contributed by atoms with E-state index in [9.17, 15) is 0 Å². The largest absolute Gasteiger partial charge is 0.496 e. The van der Waals surface area contributed by atoms with E-state index in [2.05, 4.69) is 51.2 Å². The highest BCUT2D eigenvalue weighted by atomic mass is 79.9. The maximum absolute atomic E-state index is 5.80. The number of rotatable bonds is 3. The van der Waals surface area contributed by atoms with Gasteiger partial charge < -0.3 is 4.74 Å². The number of hydrogen-bond acceptors (Lipinski definition) is 2. The van der Waals surface area contributed by atoms with Gasteiger partial charge in [0.05, 0.1) is 7.11 Å². The first-order chi connectivity index (χ1) is 12.1. The van der Waals surface area contributed by atoms with Crippen LogP contribution in [-0.2, 0) is 10.8 Å². The third-order valence-corrected chi connectivity index (χ3v) is 7.58. The number of halogens is 1. The van der Waals surface area contributed by atoms with Crippen molar-refractivity contribution >= 4 is 15.9 Å². The minimum atomic E-state index is 0.266. The number of hydrogen-bond donors (Lipinski definition) is 0. The molecular formula is C22H24BrNO. The molecule has 4 saturated carbocycles. The molecule has 0 saturated heterocycles. The fraction of sp³-hybridized carbons (Fsp3) is 0.500. The lowest BCUT2D eigenvalue weighted by Crippen LogP contribution is -2.56. The predicted octanol–water partition coefficient (Wildman–Crippen LogP) is 5.64. The first-order valence-electron chi connectivity index (χ1n) is 9.37. The van der Waals surface area contributed by atoms with E-state index >= 15 is 0 Å². The van der Waals surface area contributed by atoms with E-state index < -0.39 is 0 Å². The summed E-state index contributed by atoms with van der Waals surface area (Å²) in [5.74, 6) is 2.76. The molecule has 0 radical (unpaired) electrons. The summed E-state index contributed by atoms with van der Waals surface area (Å²) < 4.78 is 6.96. The Labute approximate surface area is 158 Å². The van der Waals surface area contributed by atoms with Crippen LogP contribution in [0, 0.1) is 11.8 Å². The minimum Gasteiger partial charge on any atom is -0.496 e. The van der Waals surface area contributed by atoms with Gasteiger partial charge in [0.1, 0.15) is 5.75 Å². The molecule has 4 fully saturated rings. The summed E-state index contributed by atoms with van der Waals surface area (Å²) in [7, 11) is 1.81. The fourth-order valence-electron chi connectivity index (χ4n) is 6.72. The normalized spacial score (nSPS) is 35.8. The second-order valence-electron chi connectivity index (χ2n) is 8.60. The van der Waals surface area contributed by atoms with Gasteiger partial charge in [-0.2, -0.15) is 0 Å². The summed E-state index contributed by atoms with van der Waals surface area (Å²) >= 11 is 3.70. The van der Waals surface area contributed by atoms with E-state index in [4.69, 9.17) is 4.74 Å². The standard InChI is InChI=1S/C22H24BrNO/c1-25-20-3-2-18(23)9-19(20)22-12-15-8-16(13-22)11-21(10-15,14-22)17-4-6-24-7-5-17/h2-7,9,15-16H,8,10-14H2,1H3. The van der Waals surface area contributed by atoms with E-state index in [1.54, 1.807) is 0 Å². The Bertz CT molecular complexity index is 789. The fourth-order valence-corrected chi connectivity index (χ4v) is 7.08. The van der Waals surface area contributed by atoms with Gasteiger partial charge >= 0.3 is 0 Å². The highest BCUT2D eigenvalue weighted by Gasteiger charge is 2.59. The van der Waals surface area contributed by atoms with Crippen molar-refractivity contribution in [1.82, 2.24) is 4.98 Å². The Hall–Kier alpha value is -1.35. The van der Waals surface area contributed by atoms with Crippen molar-refractivity contribution in [1.29, 1.82) is 0 Å². The monoisotopic (exact) mass is 397 g/mol. The van der Waals surface area contributed by atoms with Gasteiger partial charge in [0.15, 0.2) is 0 Å². The first-order valence-corrected chi connectivity index (χ1v) is 10.2. The van der Waals surface area contributed by atoms with E-state index in [0.717, 1.165) is 22.1 Å². The third-order valence-electron chi connectivity index (χ3n) is 7.09. The highest BCUT2D eigenvalue weighted by Crippen LogP contribution is 2.67. The molecule has 130 valence electrons. The molecule has 0 spiro atoms. The molecule has 4 aliphatic carbocycles. The summed E-state index contributed by atoms with van der Waals surface area (Å²) in [4.78, 5) is 4.26. The number of aromatic nitrogens is 1. The minimum absolute atomic E-state index is 0.266. The van der Waals surface area contributed by atoms with Crippen molar-refractivity contribution in [3.63, 3.8) is 0 Å². The Morgan fingerprint density at radius 1 is 1.00 bits per heavy atom. The van der Waals surface area contributed by atoms with E-state index in [-0.39, 0.29) is 5.41 Å². The zero-order valence-electron chi connectivity index (χ0n) is 14.7. The van der Waals surface area contributed by atoms with Crippen LogP contribution in [0.4, 0.5) is 0 Å². The molecule has 1 aromatic carbocycles. The van der Waals surface area contributed by atoms with Crippen LogP contribution in [-0.4, -0.2) is 12.1 Å². The summed E-state index contributed by atoms with van der Waals surface area (Å²) in [5, 5.41) is 0. The molecule has 0 aliphatic heterocycles. The lowest BCUT2D eigenvalue weighted by atomic mass is 9.41. The second-order valence-corrected chi connectivity index (χ2v) is 9.52. The van der Waals surface area contributed by atoms with E-state index in [1.807, 2.05) is 19.5 Å². The molecule has 2 nitrogen and oxygen atoms in total. The zero-order chi connectivity index (χ0) is 17.1. The van der Waals surface area contributed by atoms with Gasteiger partial charge in [-0.1, -0.05) is 15.9 Å². The van der Waals surface area contributed by atoms with Crippen LogP contribution in [0.3, 0.4) is 0 Å². The SMILES string of the molecule is COc1ccc(Br)cc1C12CC3CC(CC(c4ccncc4)(C3)C1)C2. The van der Waals surface area contributed by atoms with Gasteiger partial charge in [-0.25, -0.2) is 0 Å². The summed E-state index contributed by atoms with van der Waals surface area (Å²) in [6, 6.07) is 11.1. The van der Waals surface area contributed by atoms with Gasteiger partial charge in [-0.15, -0.1) is 0 Å². The van der Waals surface area contributed by atoms with Gasteiger partial charge in [0.2, 0.25) is 0 Å². The van der Waals surface area contributed by atoms with Crippen molar-refractivity contribution in [2.75, 3.05) is 7.11 Å². The first kappa shape index (κ1) is 15.9. The molecule has 0 amide bonds. The van der Waals surface area contributed by atoms with Crippen LogP contribution >= 0.6 is 15.9 Å². The summed E-state index contributed by atoms with van der Waals surface area (Å²) in [6.45, 7) is 0. The molecule has 4 bridgehead atoms. The molecule has 2 atom stereocenters. The molecule has 2 aromatic rings. The van der Waals surface area contributed by atoms with Gasteiger partial charge in [0.25, 0.3) is 0 Å². The summed E-state index contributed by atoms with van der Waals surface area (Å²) in [6.07, 6.45) is 12.0. The van der Waals surface area contributed by atoms with E-state index in [1.165, 1.54) is 49.7 Å². The Morgan fingerprint density at radius 2 is 1.68 bits per heavy atom. The molecular weight excluding hydrogens is 374 g/mol. The van der Waals surface area contributed by atoms with Crippen LogP contribution < -0.4 is 4.74 Å². The van der Waals surface area contributed by atoms with Crippen molar-refractivity contribution in [2.45, 2.75) is 49.4 Å². The van der Waals surface area contributed by atoms with Crippen LogP contribution in [0.2, 0.25) is 0 Å². The highest BCUT2D eigenvalue weighted by molar-refractivity contribution is 9.10. The maximum Gasteiger partial charge on any atom is 0.122 e. The van der Waals surface area contributed by atoms with Crippen LogP contribution in [0.15, 0.2) is 47.2 Å². The topological polar surface area (TPSA) is 22.1 Å². The number of ether oxygens (including phenoxy) is 1. The third kappa shape index (κ3) is 2.38. The van der Waals surface area contributed by atoms with Crippen molar-refractivity contribution in [3.05, 3.63) is 58.3 Å². The molecule has 2 unspecified atom stereocenters. The molecule has 1 aromatic heterocycles. The second kappa shape index (κ2) is 5.57. The van der Waals surface area contributed by atoms with Crippen molar-refractivity contribution < 1.29 is 4.74 Å². The van der Waals surface area contributed by atoms with Gasteiger partial charge in [0, 0.05) is 27.8 Å². The molecule has 4 aliphatic rings. The Kier molecular flexibility index (Phi) is 3.54. The average molecular weight is 398 g/mol. The molecule has 3 heteroatoms. The quantitative estimate of drug-likeness (QED) is 0.667.